The molecule has 1 aromatic heterocycles. The topological polar surface area (TPSA) is 47.0 Å². The Hall–Kier alpha value is -1.39. The Balaban J connectivity index is 2.54. The summed E-state index contributed by atoms with van der Waals surface area (Å²) < 4.78 is 16.9. The maximum Gasteiger partial charge on any atom is 0.179 e. The van der Waals surface area contributed by atoms with Gasteiger partial charge in [-0.3, -0.25) is 4.39 Å². The minimum Gasteiger partial charge on any atom is -0.491 e. The summed E-state index contributed by atoms with van der Waals surface area (Å²) in [6, 6.07) is 0. The van der Waals surface area contributed by atoms with Gasteiger partial charge in [-0.25, -0.2) is 9.97 Å². The van der Waals surface area contributed by atoms with Crippen molar-refractivity contribution in [2.24, 2.45) is 0 Å². The molecule has 1 heterocycles. The fourth-order valence-corrected chi connectivity index (χ4v) is 1.16. The van der Waals surface area contributed by atoms with E-state index >= 15 is 0 Å². The molecule has 1 aromatic rings. The van der Waals surface area contributed by atoms with Gasteiger partial charge in [-0.1, -0.05) is 0 Å². The Labute approximate surface area is 88.9 Å². The molecule has 15 heavy (non-hydrogen) atoms. The largest absolute Gasteiger partial charge is 0.491 e. The zero-order chi connectivity index (χ0) is 11.1. The van der Waals surface area contributed by atoms with E-state index in [4.69, 9.17) is 4.74 Å². The number of hydrogen-bond acceptors (Lipinski definition) is 4. The number of methoxy groups -OCH3 is 1. The van der Waals surface area contributed by atoms with Gasteiger partial charge in [0.1, 0.15) is 5.82 Å². The van der Waals surface area contributed by atoms with Crippen molar-refractivity contribution in [3.63, 3.8) is 0 Å². The van der Waals surface area contributed by atoms with Crippen LogP contribution in [0.25, 0.3) is 0 Å². The van der Waals surface area contributed by atoms with Crippen LogP contribution in [0.1, 0.15) is 18.7 Å². The standard InChI is InChI=1S/C10H16FN3O/c1-8-13-7-9(15-2)10(14-8)12-6-4-3-5-11/h7H,3-6H2,1-2H3,(H,12,13,14). The van der Waals surface area contributed by atoms with Gasteiger partial charge in [0.2, 0.25) is 0 Å². The summed E-state index contributed by atoms with van der Waals surface area (Å²) in [5, 5.41) is 3.10. The monoisotopic (exact) mass is 213 g/mol. The first kappa shape index (κ1) is 11.7. The van der Waals surface area contributed by atoms with Crippen LogP contribution in [0.5, 0.6) is 5.75 Å². The van der Waals surface area contributed by atoms with E-state index in [2.05, 4.69) is 15.3 Å². The van der Waals surface area contributed by atoms with Crippen LogP contribution < -0.4 is 10.1 Å². The van der Waals surface area contributed by atoms with Crippen LogP contribution in [0.15, 0.2) is 6.20 Å². The molecule has 0 atom stereocenters. The van der Waals surface area contributed by atoms with Crippen molar-refractivity contribution in [2.75, 3.05) is 25.6 Å². The van der Waals surface area contributed by atoms with Gasteiger partial charge in [-0.05, 0) is 19.8 Å². The predicted octanol–water partition coefficient (Wildman–Crippen LogP) is 1.96. The second kappa shape index (κ2) is 6.16. The average Bonchev–Trinajstić information content (AvgIpc) is 2.25. The van der Waals surface area contributed by atoms with E-state index in [0.29, 0.717) is 30.4 Å². The second-order valence-electron chi connectivity index (χ2n) is 3.16. The van der Waals surface area contributed by atoms with Crippen LogP contribution in [-0.4, -0.2) is 30.3 Å². The Morgan fingerprint density at radius 2 is 2.27 bits per heavy atom. The zero-order valence-corrected chi connectivity index (χ0v) is 9.09. The highest BCUT2D eigenvalue weighted by molar-refractivity contribution is 5.48. The average molecular weight is 213 g/mol. The molecule has 1 N–H and O–H groups in total. The lowest BCUT2D eigenvalue weighted by Gasteiger charge is -2.09. The Kier molecular flexibility index (Phi) is 4.80. The highest BCUT2D eigenvalue weighted by Gasteiger charge is 2.04. The van der Waals surface area contributed by atoms with Crippen molar-refractivity contribution in [1.82, 2.24) is 9.97 Å². The third kappa shape index (κ3) is 3.69. The molecule has 0 spiro atoms. The predicted molar refractivity (Wildman–Crippen MR) is 57.0 cm³/mol. The number of aromatic nitrogens is 2. The molecule has 0 saturated carbocycles. The summed E-state index contributed by atoms with van der Waals surface area (Å²) in [5.41, 5.74) is 0. The maximum atomic E-state index is 11.9. The van der Waals surface area contributed by atoms with Gasteiger partial charge in [0, 0.05) is 6.54 Å². The molecule has 0 amide bonds. The highest BCUT2D eigenvalue weighted by atomic mass is 19.1. The number of nitrogens with zero attached hydrogens (tertiary/aromatic N) is 2. The summed E-state index contributed by atoms with van der Waals surface area (Å²) in [6.07, 6.45) is 2.97. The van der Waals surface area contributed by atoms with Crippen LogP contribution in [-0.2, 0) is 0 Å². The number of anilines is 1. The van der Waals surface area contributed by atoms with Crippen molar-refractivity contribution < 1.29 is 9.13 Å². The molecular formula is C10H16FN3O. The number of nitrogens with one attached hydrogen (secondary N) is 1. The zero-order valence-electron chi connectivity index (χ0n) is 9.09. The normalized spacial score (nSPS) is 10.1. The molecule has 0 aliphatic carbocycles. The van der Waals surface area contributed by atoms with Crippen LogP contribution in [0.4, 0.5) is 10.2 Å². The maximum absolute atomic E-state index is 11.9. The molecule has 0 bridgehead atoms. The Bertz CT molecular complexity index is 307. The molecule has 84 valence electrons. The summed E-state index contributed by atoms with van der Waals surface area (Å²) in [6.45, 7) is 2.23. The number of unbranched alkanes of at least 4 members (excludes halogenated alkanes) is 1. The molecule has 0 fully saturated rings. The lowest BCUT2D eigenvalue weighted by atomic mass is 10.3. The van der Waals surface area contributed by atoms with E-state index in [1.165, 1.54) is 0 Å². The quantitative estimate of drug-likeness (QED) is 0.734. The summed E-state index contributed by atoms with van der Waals surface area (Å²) in [7, 11) is 1.57. The smallest absolute Gasteiger partial charge is 0.179 e. The van der Waals surface area contributed by atoms with Gasteiger partial charge in [0.15, 0.2) is 11.6 Å². The van der Waals surface area contributed by atoms with Crippen LogP contribution >= 0.6 is 0 Å². The fourth-order valence-electron chi connectivity index (χ4n) is 1.16. The first-order valence-corrected chi connectivity index (χ1v) is 4.95. The van der Waals surface area contributed by atoms with Crippen molar-refractivity contribution in [3.05, 3.63) is 12.0 Å². The van der Waals surface area contributed by atoms with Gasteiger partial charge in [0.05, 0.1) is 20.0 Å². The number of halogens is 1. The van der Waals surface area contributed by atoms with E-state index in [1.807, 2.05) is 6.92 Å². The van der Waals surface area contributed by atoms with Crippen LogP contribution in [0.2, 0.25) is 0 Å². The summed E-state index contributed by atoms with van der Waals surface area (Å²) >= 11 is 0. The van der Waals surface area contributed by atoms with Crippen molar-refractivity contribution >= 4 is 5.82 Å². The number of alkyl halides is 1. The van der Waals surface area contributed by atoms with Crippen molar-refractivity contribution in [1.29, 1.82) is 0 Å². The minimum atomic E-state index is -0.276. The summed E-state index contributed by atoms with van der Waals surface area (Å²) in [5.74, 6) is 1.97. The number of aryl methyl sites for hydroxylation is 1. The van der Waals surface area contributed by atoms with Crippen LogP contribution in [0, 0.1) is 6.92 Å². The van der Waals surface area contributed by atoms with Crippen molar-refractivity contribution in [2.45, 2.75) is 19.8 Å². The Morgan fingerprint density at radius 1 is 1.47 bits per heavy atom. The second-order valence-corrected chi connectivity index (χ2v) is 3.16. The lowest BCUT2D eigenvalue weighted by molar-refractivity contribution is 0.412. The third-order valence-corrected chi connectivity index (χ3v) is 1.95. The van der Waals surface area contributed by atoms with Crippen molar-refractivity contribution in [3.8, 4) is 5.75 Å². The van der Waals surface area contributed by atoms with Crippen LogP contribution in [0.3, 0.4) is 0 Å². The Morgan fingerprint density at radius 3 is 2.93 bits per heavy atom. The number of ether oxygens (including phenoxy) is 1. The van der Waals surface area contributed by atoms with E-state index in [1.54, 1.807) is 13.3 Å². The van der Waals surface area contributed by atoms with Gasteiger partial charge in [0.25, 0.3) is 0 Å². The van der Waals surface area contributed by atoms with E-state index in [9.17, 15) is 4.39 Å². The highest BCUT2D eigenvalue weighted by Crippen LogP contribution is 2.19. The third-order valence-electron chi connectivity index (χ3n) is 1.95. The molecule has 0 unspecified atom stereocenters. The fraction of sp³-hybridized carbons (Fsp3) is 0.600. The first-order chi connectivity index (χ1) is 7.27. The van der Waals surface area contributed by atoms with E-state index < -0.39 is 0 Å². The molecule has 1 rings (SSSR count). The molecular weight excluding hydrogens is 197 g/mol. The van der Waals surface area contributed by atoms with E-state index in [-0.39, 0.29) is 6.67 Å². The first-order valence-electron chi connectivity index (χ1n) is 4.95. The lowest BCUT2D eigenvalue weighted by Crippen LogP contribution is -2.06. The SMILES string of the molecule is COc1cnc(C)nc1NCCCCF. The molecule has 0 aliphatic rings. The number of hydrogen-bond donors (Lipinski definition) is 1. The molecule has 0 radical (unpaired) electrons. The van der Waals surface area contributed by atoms with Gasteiger partial charge >= 0.3 is 0 Å². The van der Waals surface area contributed by atoms with E-state index in [0.717, 1.165) is 6.42 Å². The number of rotatable bonds is 6. The van der Waals surface area contributed by atoms with Gasteiger partial charge in [-0.15, -0.1) is 0 Å². The minimum absolute atomic E-state index is 0.276. The van der Waals surface area contributed by atoms with Gasteiger partial charge < -0.3 is 10.1 Å². The summed E-state index contributed by atoms with van der Waals surface area (Å²) in [4.78, 5) is 8.22. The molecule has 5 heteroatoms. The van der Waals surface area contributed by atoms with Gasteiger partial charge in [-0.2, -0.15) is 0 Å². The molecule has 4 nitrogen and oxygen atoms in total. The molecule has 0 saturated heterocycles. The molecule has 0 aromatic carbocycles. The molecule has 0 aliphatic heterocycles.